The van der Waals surface area contributed by atoms with Crippen LogP contribution in [0.5, 0.6) is 11.5 Å². The lowest BCUT2D eigenvalue weighted by atomic mass is 9.37. The summed E-state index contributed by atoms with van der Waals surface area (Å²) in [6.45, 7) is 0.349. The second-order valence-electron chi connectivity index (χ2n) is 32.7. The summed E-state index contributed by atoms with van der Waals surface area (Å²) in [5.41, 5.74) is -1.90. The van der Waals surface area contributed by atoms with Crippen molar-refractivity contribution in [2.45, 2.75) is 220 Å². The number of ether oxygens (including phenoxy) is 4. The van der Waals surface area contributed by atoms with E-state index in [2.05, 4.69) is 53.7 Å². The standard InChI is InChI=1S/C75H92N2O11S2/c1-76-58-38-90-89-37-53-48-15-12-44-29-45-19-23-71(73(45,60(44)48)54-16-14-46(79)31-50(53)54)63(80)52(58)32-51-55-34-72(69(20-6-7-21-69)26-27-70(72)25-24-68(39-70)22-18-40(33-68)36-85-47-10-4-5-11-47)67(82)75(84)74(55,83)65(87-64(51)71)62(88-75)66(81)86-61-57(35-78)77-56-17-13-43-28-41-8-2-3-9-42(41)30-49(43)59(56)61/h2-3,8-9,13-14,16-17,28,30-31,40,44-45,47-48,51-53,55,58,60,62-65,67,76-80,82-84H,4-7,10-12,15,18-27,29,32-39H2,1H3/t40-,44+,45-,48+,51-,52+,53+,55-,58+,60+,62+,63-,64-,65-,67-,68+,70+,71-,72+,73+,74+,75-/m0/s1. The van der Waals surface area contributed by atoms with Crippen LogP contribution in [0.3, 0.4) is 0 Å². The number of carbonyl (C=O) groups excluding carboxylic acids is 1. The number of benzene rings is 4. The molecular formula is C75H92N2O11S2. The summed E-state index contributed by atoms with van der Waals surface area (Å²) in [5.74, 6) is -0.823. The van der Waals surface area contributed by atoms with Gasteiger partial charge in [-0.1, -0.05) is 83.7 Å². The molecule has 8 N–H and O–H groups in total. The van der Waals surface area contributed by atoms with Crippen LogP contribution in [0.15, 0.2) is 66.7 Å². The van der Waals surface area contributed by atoms with E-state index in [-0.39, 0.29) is 57.5 Å². The van der Waals surface area contributed by atoms with Gasteiger partial charge in [-0.05, 0) is 250 Å². The van der Waals surface area contributed by atoms with Crippen molar-refractivity contribution in [3.05, 3.63) is 83.6 Å². The number of aromatic nitrogens is 1. The number of carbonyl (C=O) groups is 1. The van der Waals surface area contributed by atoms with Gasteiger partial charge in [0, 0.05) is 52.2 Å². The number of aliphatic hydroxyl groups is 5. The Kier molecular flexibility index (Phi) is 12.9. The van der Waals surface area contributed by atoms with E-state index in [0.29, 0.717) is 59.7 Å². The maximum absolute atomic E-state index is 16.4. The zero-order chi connectivity index (χ0) is 60.7. The first-order chi connectivity index (χ1) is 43.7. The molecule has 1 aromatic heterocycles. The molecule has 3 saturated heterocycles. The molecule has 15 heteroatoms. The zero-order valence-electron chi connectivity index (χ0n) is 52.2. The summed E-state index contributed by atoms with van der Waals surface area (Å²) in [6.07, 6.45) is 16.8. The van der Waals surface area contributed by atoms with Crippen LogP contribution in [0, 0.1) is 74.4 Å². The highest BCUT2D eigenvalue weighted by Crippen LogP contribution is 2.86. The molecule has 0 amide bonds. The van der Waals surface area contributed by atoms with Gasteiger partial charge < -0.3 is 59.9 Å². The maximum Gasteiger partial charge on any atom is 0.343 e. The van der Waals surface area contributed by atoms with Crippen molar-refractivity contribution >= 4 is 60.0 Å². The first-order valence-electron chi connectivity index (χ1n) is 35.5. The molecule has 5 aromatic rings. The van der Waals surface area contributed by atoms with Crippen molar-refractivity contribution in [3.8, 4) is 11.5 Å². The van der Waals surface area contributed by atoms with Crippen LogP contribution in [0.1, 0.15) is 170 Å². The largest absolute Gasteiger partial charge is 0.508 e. The lowest BCUT2D eigenvalue weighted by Crippen LogP contribution is -2.82. The Morgan fingerprint density at radius 2 is 1.58 bits per heavy atom. The average Bonchev–Trinajstić information content (AvgIpc) is 1.40. The van der Waals surface area contributed by atoms with E-state index in [4.69, 9.17) is 18.9 Å². The summed E-state index contributed by atoms with van der Waals surface area (Å²) >= 11 is 0. The Bertz CT molecular complexity index is 3760. The van der Waals surface area contributed by atoms with E-state index in [9.17, 15) is 30.6 Å². The van der Waals surface area contributed by atoms with Crippen LogP contribution in [0.4, 0.5) is 0 Å². The van der Waals surface area contributed by atoms with Crippen molar-refractivity contribution in [2.24, 2.45) is 74.4 Å². The minimum Gasteiger partial charge on any atom is -0.508 e. The van der Waals surface area contributed by atoms with Crippen molar-refractivity contribution in [1.29, 1.82) is 0 Å². The van der Waals surface area contributed by atoms with Crippen molar-refractivity contribution in [3.63, 3.8) is 0 Å². The molecule has 13 fully saturated rings. The van der Waals surface area contributed by atoms with Crippen molar-refractivity contribution < 1.29 is 54.4 Å². The molecule has 20 rings (SSSR count). The number of H-pyrrole nitrogens is 1. The third-order valence-corrected chi connectivity index (χ3v) is 32.7. The Morgan fingerprint density at radius 3 is 2.40 bits per heavy atom. The van der Waals surface area contributed by atoms with Crippen LogP contribution < -0.4 is 10.1 Å². The minimum absolute atomic E-state index is 0.0705. The fourth-order valence-corrected chi connectivity index (χ4v) is 30.1. The molecule has 13 nitrogen and oxygen atoms in total. The summed E-state index contributed by atoms with van der Waals surface area (Å²) in [4.78, 5) is 19.7. The topological polar surface area (TPSA) is 203 Å². The van der Waals surface area contributed by atoms with E-state index in [0.717, 1.165) is 155 Å². The molecular weight excluding hydrogens is 1170 g/mol. The van der Waals surface area contributed by atoms with Gasteiger partial charge in [0.05, 0.1) is 41.5 Å². The van der Waals surface area contributed by atoms with E-state index in [1.807, 2.05) is 51.9 Å². The van der Waals surface area contributed by atoms with E-state index < -0.39 is 82.6 Å². The second-order valence-corrected chi connectivity index (χ2v) is 35.2. The molecule has 6 spiro atoms. The molecule has 22 atom stereocenters. The number of nitrogens with one attached hydrogen (secondary N) is 2. The Balaban J connectivity index is 0.809. The molecule has 480 valence electrons. The van der Waals surface area contributed by atoms with Crippen LogP contribution in [0.25, 0.3) is 32.4 Å². The fourth-order valence-electron chi connectivity index (χ4n) is 27.3. The summed E-state index contributed by atoms with van der Waals surface area (Å²) < 4.78 is 29.0. The molecule has 0 unspecified atom stereocenters. The molecule has 4 aromatic carbocycles. The molecule has 15 aliphatic rings. The Labute approximate surface area is 536 Å². The molecule has 90 heavy (non-hydrogen) atoms. The lowest BCUT2D eigenvalue weighted by molar-refractivity contribution is -0.409. The van der Waals surface area contributed by atoms with Gasteiger partial charge >= 0.3 is 5.97 Å². The predicted octanol–water partition coefficient (Wildman–Crippen LogP) is 12.3. The number of hydrogen-bond acceptors (Lipinski definition) is 14. The van der Waals surface area contributed by atoms with E-state index in [1.54, 1.807) is 0 Å². The highest BCUT2D eigenvalue weighted by atomic mass is 33.1. The fraction of sp³-hybridized carbons (Fsp3) is 0.693. The summed E-state index contributed by atoms with van der Waals surface area (Å²) in [6, 6.07) is 22.5. The van der Waals surface area contributed by atoms with Crippen LogP contribution >= 0.6 is 21.6 Å². The maximum atomic E-state index is 16.4. The number of fused-ring (bicyclic) bond motifs is 12. The SMILES string of the molecule is CN[C@@H]1CSSC[C@H]2c3cc(O)ccc3[C@@]34[C@@H](CC[C@@]35[C@@H](O)[C@@H]1C[C@H]1[C@@H]3C[C@@]6([C@H](O)[C@]7(O)O[C@@H](C(=O)Oc8c(CO)[nH]c9ccc%10cc%11ccccc%11cc%10c89)[C@H](O[C@@H]15)[C@]37O)C1(CCCC1)CC[C@@]61CC[C@@]3(CC[C@H](COC5CCCC5)C3)C1)C[C@H]1CC[C@H]2[C@@H]14. The second kappa shape index (κ2) is 20.1. The third kappa shape index (κ3) is 7.14. The van der Waals surface area contributed by atoms with Gasteiger partial charge in [0.2, 0.25) is 5.79 Å². The third-order valence-electron chi connectivity index (χ3n) is 30.2. The first kappa shape index (κ1) is 58.0. The smallest absolute Gasteiger partial charge is 0.343 e. The van der Waals surface area contributed by atoms with Gasteiger partial charge in [0.25, 0.3) is 0 Å². The normalized spacial score (nSPS) is 46.7. The monoisotopic (exact) mass is 1260 g/mol. The quantitative estimate of drug-likeness (QED) is 0.0434. The van der Waals surface area contributed by atoms with E-state index in [1.165, 1.54) is 24.0 Å². The predicted molar refractivity (Wildman–Crippen MR) is 347 cm³/mol. The number of esters is 1. The molecule has 4 bridgehead atoms. The van der Waals surface area contributed by atoms with Crippen LogP contribution in [-0.4, -0.2) is 121 Å². The molecule has 10 saturated carbocycles. The van der Waals surface area contributed by atoms with Gasteiger partial charge in [-0.15, -0.1) is 0 Å². The van der Waals surface area contributed by atoms with Crippen LogP contribution in [0.2, 0.25) is 0 Å². The summed E-state index contributed by atoms with van der Waals surface area (Å²) in [5, 5.41) is 90.0. The Hall–Kier alpha value is -3.45. The average molecular weight is 1260 g/mol. The number of phenols is 1. The van der Waals surface area contributed by atoms with Gasteiger partial charge in [-0.25, -0.2) is 4.79 Å². The van der Waals surface area contributed by atoms with Crippen molar-refractivity contribution in [1.82, 2.24) is 10.3 Å². The molecule has 11 aliphatic carbocycles. The number of aliphatic hydroxyl groups excluding tert-OH is 3. The number of aromatic hydroxyl groups is 1. The first-order valence-corrected chi connectivity index (χ1v) is 38.0. The van der Waals surface area contributed by atoms with Crippen LogP contribution in [-0.2, 0) is 31.0 Å². The summed E-state index contributed by atoms with van der Waals surface area (Å²) in [7, 11) is 5.88. The van der Waals surface area contributed by atoms with Gasteiger partial charge in [-0.3, -0.25) is 0 Å². The number of hydrogen-bond donors (Lipinski definition) is 8. The molecule has 4 aliphatic heterocycles. The van der Waals surface area contributed by atoms with Gasteiger partial charge in [0.1, 0.15) is 18.0 Å². The van der Waals surface area contributed by atoms with Gasteiger partial charge in [-0.2, -0.15) is 0 Å². The number of aromatic amines is 1. The molecule has 0 radical (unpaired) electrons. The number of rotatable bonds is 7. The Morgan fingerprint density at radius 1 is 0.778 bits per heavy atom. The van der Waals surface area contributed by atoms with Gasteiger partial charge in [0.15, 0.2) is 17.5 Å². The minimum atomic E-state index is -2.67. The van der Waals surface area contributed by atoms with E-state index >= 15 is 4.79 Å². The van der Waals surface area contributed by atoms with Crippen molar-refractivity contribution in [2.75, 3.05) is 25.2 Å². The lowest BCUT2D eigenvalue weighted by Gasteiger charge is -2.72. The number of phenolic OH excluding ortho intramolecular Hbond substituents is 1. The molecule has 5 heterocycles. The zero-order valence-corrected chi connectivity index (χ0v) is 53.9. The highest BCUT2D eigenvalue weighted by Gasteiger charge is 2.90. The highest BCUT2D eigenvalue weighted by molar-refractivity contribution is 8.76.